The summed E-state index contributed by atoms with van der Waals surface area (Å²) in [5, 5.41) is 3.04. The molecule has 1 aromatic carbocycles. The van der Waals surface area contributed by atoms with Crippen molar-refractivity contribution in [3.8, 4) is 0 Å². The average molecular weight is 297 g/mol. The van der Waals surface area contributed by atoms with Crippen molar-refractivity contribution in [2.45, 2.75) is 50.5 Å². The van der Waals surface area contributed by atoms with Crippen LogP contribution in [0.1, 0.15) is 45.1 Å². The number of hydrogen-bond acceptors (Lipinski definition) is 2. The number of benzene rings is 1. The van der Waals surface area contributed by atoms with Crippen molar-refractivity contribution >= 4 is 18.3 Å². The van der Waals surface area contributed by atoms with E-state index in [1.165, 1.54) is 0 Å². The Kier molecular flexibility index (Phi) is 5.60. The van der Waals surface area contributed by atoms with Crippen LogP contribution >= 0.6 is 12.4 Å². The fraction of sp³-hybridized carbons (Fsp3) is 0.562. The van der Waals surface area contributed by atoms with Gasteiger partial charge in [-0.3, -0.25) is 4.79 Å². The molecule has 0 spiro atoms. The minimum Gasteiger partial charge on any atom is -0.354 e. The molecule has 0 unspecified atom stereocenters. The molecule has 0 bridgehead atoms. The maximum Gasteiger partial charge on any atom is 0.230 e. The molecule has 1 amide bonds. The fourth-order valence-corrected chi connectivity index (χ4v) is 2.86. The first-order valence-electron chi connectivity index (χ1n) is 7.07. The lowest BCUT2D eigenvalue weighted by Gasteiger charge is -2.30. The largest absolute Gasteiger partial charge is 0.354 e. The molecule has 1 aromatic rings. The molecule has 1 saturated carbocycles. The van der Waals surface area contributed by atoms with Crippen LogP contribution in [0, 0.1) is 0 Å². The monoisotopic (exact) mass is 296 g/mol. The highest BCUT2D eigenvalue weighted by Gasteiger charge is 2.42. The second-order valence-corrected chi connectivity index (χ2v) is 6.33. The Balaban J connectivity index is 0.00000200. The van der Waals surface area contributed by atoms with Gasteiger partial charge in [0.05, 0.1) is 5.41 Å². The summed E-state index contributed by atoms with van der Waals surface area (Å²) in [6, 6.07) is 10.1. The number of hydrogen-bond donors (Lipinski definition) is 2. The molecular formula is C16H25ClN2O. The molecule has 0 saturated heterocycles. The molecule has 112 valence electrons. The normalized spacial score (nSPS) is 17.4. The highest BCUT2D eigenvalue weighted by atomic mass is 35.5. The molecule has 4 heteroatoms. The van der Waals surface area contributed by atoms with Crippen LogP contribution in [0.5, 0.6) is 0 Å². The van der Waals surface area contributed by atoms with E-state index in [-0.39, 0.29) is 29.3 Å². The molecule has 0 aromatic heterocycles. The van der Waals surface area contributed by atoms with Crippen LogP contribution < -0.4 is 11.1 Å². The van der Waals surface area contributed by atoms with Gasteiger partial charge in [0.25, 0.3) is 0 Å². The van der Waals surface area contributed by atoms with Gasteiger partial charge in [-0.15, -0.1) is 12.4 Å². The van der Waals surface area contributed by atoms with Gasteiger partial charge in [0.1, 0.15) is 0 Å². The minimum atomic E-state index is -0.369. The average Bonchev–Trinajstić information content (AvgIpc) is 2.87. The Morgan fingerprint density at radius 1 is 1.25 bits per heavy atom. The van der Waals surface area contributed by atoms with Crippen LogP contribution in [0.2, 0.25) is 0 Å². The molecular weight excluding hydrogens is 272 g/mol. The minimum absolute atomic E-state index is 0. The number of nitrogens with one attached hydrogen (secondary N) is 1. The van der Waals surface area contributed by atoms with Crippen molar-refractivity contribution in [3.63, 3.8) is 0 Å². The van der Waals surface area contributed by atoms with Gasteiger partial charge >= 0.3 is 0 Å². The summed E-state index contributed by atoms with van der Waals surface area (Å²) >= 11 is 0. The van der Waals surface area contributed by atoms with Gasteiger partial charge in [0.15, 0.2) is 0 Å². The zero-order valence-corrected chi connectivity index (χ0v) is 13.1. The summed E-state index contributed by atoms with van der Waals surface area (Å²) in [5.74, 6) is 0.134. The summed E-state index contributed by atoms with van der Waals surface area (Å²) in [4.78, 5) is 12.6. The van der Waals surface area contributed by atoms with E-state index < -0.39 is 0 Å². The summed E-state index contributed by atoms with van der Waals surface area (Å²) in [5.41, 5.74) is 6.38. The third kappa shape index (κ3) is 3.74. The summed E-state index contributed by atoms with van der Waals surface area (Å²) in [6.07, 6.45) is 4.12. The summed E-state index contributed by atoms with van der Waals surface area (Å²) in [7, 11) is 0. The Bertz CT molecular complexity index is 434. The predicted octanol–water partition coefficient (Wildman–Crippen LogP) is 2.77. The number of amides is 1. The second kappa shape index (κ2) is 6.59. The third-order valence-corrected chi connectivity index (χ3v) is 3.92. The van der Waals surface area contributed by atoms with Crippen molar-refractivity contribution in [2.75, 3.05) is 6.54 Å². The van der Waals surface area contributed by atoms with E-state index in [4.69, 9.17) is 5.73 Å². The van der Waals surface area contributed by atoms with E-state index in [2.05, 4.69) is 17.4 Å². The quantitative estimate of drug-likeness (QED) is 0.897. The molecule has 2 rings (SSSR count). The van der Waals surface area contributed by atoms with Gasteiger partial charge in [0, 0.05) is 12.1 Å². The molecule has 1 fully saturated rings. The van der Waals surface area contributed by atoms with E-state index >= 15 is 0 Å². The summed E-state index contributed by atoms with van der Waals surface area (Å²) in [6.45, 7) is 4.37. The third-order valence-electron chi connectivity index (χ3n) is 3.92. The maximum absolute atomic E-state index is 12.6. The van der Waals surface area contributed by atoms with Crippen LogP contribution in [0.3, 0.4) is 0 Å². The lowest BCUT2D eigenvalue weighted by atomic mass is 9.78. The van der Waals surface area contributed by atoms with Gasteiger partial charge < -0.3 is 11.1 Å². The number of carbonyl (C=O) groups is 1. The highest BCUT2D eigenvalue weighted by molar-refractivity contribution is 5.88. The first-order valence-corrected chi connectivity index (χ1v) is 7.07. The summed E-state index contributed by atoms with van der Waals surface area (Å²) < 4.78 is 0. The molecule has 20 heavy (non-hydrogen) atoms. The zero-order valence-electron chi connectivity index (χ0n) is 12.3. The van der Waals surface area contributed by atoms with Crippen molar-refractivity contribution in [1.82, 2.24) is 5.32 Å². The maximum atomic E-state index is 12.6. The van der Waals surface area contributed by atoms with E-state index in [0.717, 1.165) is 31.2 Å². The van der Waals surface area contributed by atoms with Gasteiger partial charge in [-0.2, -0.15) is 0 Å². The topological polar surface area (TPSA) is 55.1 Å². The number of rotatable bonds is 4. The van der Waals surface area contributed by atoms with E-state index in [1.807, 2.05) is 32.0 Å². The van der Waals surface area contributed by atoms with Gasteiger partial charge in [-0.05, 0) is 32.3 Å². The number of nitrogens with two attached hydrogens (primary N) is 1. The molecule has 1 aliphatic carbocycles. The highest BCUT2D eigenvalue weighted by Crippen LogP contribution is 2.41. The van der Waals surface area contributed by atoms with Crippen LogP contribution in [-0.4, -0.2) is 18.0 Å². The van der Waals surface area contributed by atoms with Crippen molar-refractivity contribution in [3.05, 3.63) is 35.9 Å². The lowest BCUT2D eigenvalue weighted by molar-refractivity contribution is -0.126. The lowest BCUT2D eigenvalue weighted by Crippen LogP contribution is -2.50. The van der Waals surface area contributed by atoms with Gasteiger partial charge in [-0.25, -0.2) is 0 Å². The fourth-order valence-electron chi connectivity index (χ4n) is 2.86. The Hall–Kier alpha value is -1.06. The van der Waals surface area contributed by atoms with Crippen molar-refractivity contribution in [1.29, 1.82) is 0 Å². The predicted molar refractivity (Wildman–Crippen MR) is 85.1 cm³/mol. The SMILES string of the molecule is CC(C)(N)CNC(=O)C1(c2ccccc2)CCCC1.Cl. The van der Waals surface area contributed by atoms with Gasteiger partial charge in [-0.1, -0.05) is 43.2 Å². The number of halogens is 1. The molecule has 1 aliphatic rings. The molecule has 0 radical (unpaired) electrons. The Morgan fingerprint density at radius 3 is 2.30 bits per heavy atom. The molecule has 0 aliphatic heterocycles. The zero-order chi connectivity index (χ0) is 13.9. The molecule has 3 N–H and O–H groups in total. The standard InChI is InChI=1S/C16H24N2O.ClH/c1-15(2,17)12-18-14(19)16(10-6-7-11-16)13-8-4-3-5-9-13;/h3-5,8-9H,6-7,10-12,17H2,1-2H3,(H,18,19);1H. The van der Waals surface area contributed by atoms with Gasteiger partial charge in [0.2, 0.25) is 5.91 Å². The van der Waals surface area contributed by atoms with Crippen LogP contribution in [0.4, 0.5) is 0 Å². The first-order chi connectivity index (χ1) is 8.94. The Labute approximate surface area is 127 Å². The molecule has 0 heterocycles. The number of carbonyl (C=O) groups excluding carboxylic acids is 1. The van der Waals surface area contributed by atoms with Crippen LogP contribution in [-0.2, 0) is 10.2 Å². The van der Waals surface area contributed by atoms with Crippen molar-refractivity contribution < 1.29 is 4.79 Å². The van der Waals surface area contributed by atoms with E-state index in [1.54, 1.807) is 0 Å². The Morgan fingerprint density at radius 2 is 1.80 bits per heavy atom. The second-order valence-electron chi connectivity index (χ2n) is 6.33. The molecule has 3 nitrogen and oxygen atoms in total. The first kappa shape index (κ1) is 17.0. The van der Waals surface area contributed by atoms with E-state index in [0.29, 0.717) is 6.54 Å². The smallest absolute Gasteiger partial charge is 0.230 e. The van der Waals surface area contributed by atoms with E-state index in [9.17, 15) is 4.79 Å². The van der Waals surface area contributed by atoms with Crippen LogP contribution in [0.25, 0.3) is 0 Å². The molecule has 0 atom stereocenters. The van der Waals surface area contributed by atoms with Crippen molar-refractivity contribution in [2.24, 2.45) is 5.73 Å². The van der Waals surface area contributed by atoms with Crippen LogP contribution in [0.15, 0.2) is 30.3 Å².